The monoisotopic (exact) mass is 562 g/mol. The van der Waals surface area contributed by atoms with E-state index in [4.69, 9.17) is 9.47 Å². The van der Waals surface area contributed by atoms with E-state index >= 15 is 0 Å². The number of carbonyl (C=O) groups is 2. The number of aromatic nitrogens is 1. The molecule has 1 aliphatic heterocycles. The lowest BCUT2D eigenvalue weighted by molar-refractivity contribution is -0.132. The van der Waals surface area contributed by atoms with Gasteiger partial charge in [-0.25, -0.2) is 0 Å². The Balaban J connectivity index is 1.55. The van der Waals surface area contributed by atoms with E-state index in [1.807, 2.05) is 43.3 Å². The van der Waals surface area contributed by atoms with E-state index in [9.17, 15) is 14.7 Å². The lowest BCUT2D eigenvalue weighted by atomic mass is 9.84. The number of benzene rings is 3. The second-order valence-electron chi connectivity index (χ2n) is 11.1. The van der Waals surface area contributed by atoms with Crippen LogP contribution in [0.4, 0.5) is 5.69 Å². The van der Waals surface area contributed by atoms with Crippen molar-refractivity contribution in [3.05, 3.63) is 125 Å². The van der Waals surface area contributed by atoms with Crippen molar-refractivity contribution < 1.29 is 24.2 Å². The van der Waals surface area contributed by atoms with Gasteiger partial charge in [-0.15, -0.1) is 0 Å². The molecule has 1 amide bonds. The maximum absolute atomic E-state index is 13.6. The van der Waals surface area contributed by atoms with E-state index < -0.39 is 17.7 Å². The third-order valence-electron chi connectivity index (χ3n) is 7.17. The second-order valence-corrected chi connectivity index (χ2v) is 11.1. The van der Waals surface area contributed by atoms with Crippen LogP contribution in [0.2, 0.25) is 0 Å². The van der Waals surface area contributed by atoms with Crippen LogP contribution in [0.15, 0.2) is 103 Å². The van der Waals surface area contributed by atoms with Crippen LogP contribution in [0.5, 0.6) is 11.5 Å². The summed E-state index contributed by atoms with van der Waals surface area (Å²) in [6, 6.07) is 24.8. The standard InChI is InChI=1S/C35H34N2O5/c1-5-41-29-18-13-24(20-28(29)35(2,3)4)32(38)30-31(25-12-9-19-36-21-25)37(34(40)33(30)39)26-14-16-27(17-15-26)42-22-23-10-7-6-8-11-23/h6-21,31,38H,5,22H2,1-4H3/b32-30-. The van der Waals surface area contributed by atoms with E-state index in [0.717, 1.165) is 11.1 Å². The number of ketones is 1. The summed E-state index contributed by atoms with van der Waals surface area (Å²) >= 11 is 0. The molecule has 1 atom stereocenters. The number of ether oxygens (including phenoxy) is 2. The molecule has 1 N–H and O–H groups in total. The highest BCUT2D eigenvalue weighted by Gasteiger charge is 2.47. The minimum Gasteiger partial charge on any atom is -0.507 e. The molecule has 4 aromatic rings. The van der Waals surface area contributed by atoms with Crippen molar-refractivity contribution in [1.82, 2.24) is 4.98 Å². The van der Waals surface area contributed by atoms with Gasteiger partial charge in [-0.1, -0.05) is 57.2 Å². The quantitative estimate of drug-likeness (QED) is 0.142. The lowest BCUT2D eigenvalue weighted by Crippen LogP contribution is -2.29. The van der Waals surface area contributed by atoms with Crippen molar-refractivity contribution in [3.63, 3.8) is 0 Å². The number of anilines is 1. The van der Waals surface area contributed by atoms with Crippen molar-refractivity contribution in [2.75, 3.05) is 11.5 Å². The molecular formula is C35H34N2O5. The third kappa shape index (κ3) is 5.77. The number of pyridine rings is 1. The minimum atomic E-state index is -0.876. The van der Waals surface area contributed by atoms with Crippen LogP contribution < -0.4 is 14.4 Å². The molecular weight excluding hydrogens is 528 g/mol. The number of nitrogens with zero attached hydrogens (tertiary/aromatic N) is 2. The average molecular weight is 563 g/mol. The van der Waals surface area contributed by atoms with Crippen LogP contribution in [-0.4, -0.2) is 28.4 Å². The summed E-state index contributed by atoms with van der Waals surface area (Å²) in [5.74, 6) is -0.412. The van der Waals surface area contributed by atoms with Gasteiger partial charge in [-0.05, 0) is 72.0 Å². The number of aliphatic hydroxyl groups is 1. The van der Waals surface area contributed by atoms with Gasteiger partial charge in [0.1, 0.15) is 23.9 Å². The summed E-state index contributed by atoms with van der Waals surface area (Å²) < 4.78 is 11.7. The van der Waals surface area contributed by atoms with Gasteiger partial charge in [0, 0.05) is 29.2 Å². The maximum Gasteiger partial charge on any atom is 0.300 e. The molecule has 214 valence electrons. The molecule has 1 aliphatic rings. The first kappa shape index (κ1) is 28.6. The largest absolute Gasteiger partial charge is 0.507 e. The third-order valence-corrected chi connectivity index (χ3v) is 7.17. The van der Waals surface area contributed by atoms with E-state index in [0.29, 0.717) is 41.5 Å². The highest BCUT2D eigenvalue weighted by atomic mass is 16.5. The molecule has 1 saturated heterocycles. The van der Waals surface area contributed by atoms with E-state index in [-0.39, 0.29) is 16.7 Å². The minimum absolute atomic E-state index is 0.00132. The van der Waals surface area contributed by atoms with Crippen molar-refractivity contribution in [3.8, 4) is 11.5 Å². The molecule has 1 unspecified atom stereocenters. The Morgan fingerprint density at radius 1 is 0.929 bits per heavy atom. The summed E-state index contributed by atoms with van der Waals surface area (Å²) in [7, 11) is 0. The average Bonchev–Trinajstić information content (AvgIpc) is 3.26. The van der Waals surface area contributed by atoms with Gasteiger partial charge in [0.15, 0.2) is 0 Å². The smallest absolute Gasteiger partial charge is 0.300 e. The Bertz CT molecular complexity index is 1610. The second kappa shape index (κ2) is 11.9. The van der Waals surface area contributed by atoms with Gasteiger partial charge in [-0.2, -0.15) is 0 Å². The summed E-state index contributed by atoms with van der Waals surface area (Å²) in [5.41, 5.74) is 3.16. The van der Waals surface area contributed by atoms with Crippen LogP contribution in [0.25, 0.3) is 5.76 Å². The van der Waals surface area contributed by atoms with Crippen LogP contribution in [0.3, 0.4) is 0 Å². The molecule has 0 bridgehead atoms. The summed E-state index contributed by atoms with van der Waals surface area (Å²) in [6.45, 7) is 8.97. The van der Waals surface area contributed by atoms with Crippen molar-refractivity contribution in [2.45, 2.75) is 45.8 Å². The molecule has 1 aromatic heterocycles. The van der Waals surface area contributed by atoms with E-state index in [1.165, 1.54) is 4.90 Å². The Labute approximate surface area is 246 Å². The highest BCUT2D eigenvalue weighted by Crippen LogP contribution is 2.43. The molecule has 0 saturated carbocycles. The summed E-state index contributed by atoms with van der Waals surface area (Å²) in [4.78, 5) is 32.8. The molecule has 0 spiro atoms. The predicted molar refractivity (Wildman–Crippen MR) is 163 cm³/mol. The van der Waals surface area contributed by atoms with Crippen LogP contribution in [0, 0.1) is 0 Å². The number of rotatable bonds is 8. The van der Waals surface area contributed by atoms with Gasteiger partial charge in [0.25, 0.3) is 11.7 Å². The SMILES string of the molecule is CCOc1ccc(/C(O)=C2/C(=O)C(=O)N(c3ccc(OCc4ccccc4)cc3)C2c2cccnc2)cc1C(C)(C)C. The normalized spacial score (nSPS) is 16.5. The molecule has 2 heterocycles. The van der Waals surface area contributed by atoms with Gasteiger partial charge >= 0.3 is 0 Å². The van der Waals surface area contributed by atoms with E-state index in [1.54, 1.807) is 60.9 Å². The fraction of sp³-hybridized carbons (Fsp3) is 0.229. The molecule has 1 fully saturated rings. The molecule has 42 heavy (non-hydrogen) atoms. The fourth-order valence-corrected chi connectivity index (χ4v) is 5.10. The number of amides is 1. The zero-order valence-corrected chi connectivity index (χ0v) is 24.2. The first-order valence-electron chi connectivity index (χ1n) is 13.9. The van der Waals surface area contributed by atoms with Crippen molar-refractivity contribution in [2.24, 2.45) is 0 Å². The van der Waals surface area contributed by atoms with Gasteiger partial charge in [0.05, 0.1) is 18.2 Å². The molecule has 3 aromatic carbocycles. The number of hydrogen-bond donors (Lipinski definition) is 1. The Morgan fingerprint density at radius 3 is 2.31 bits per heavy atom. The molecule has 0 radical (unpaired) electrons. The zero-order chi connectivity index (χ0) is 29.9. The Kier molecular flexibility index (Phi) is 8.11. The first-order valence-corrected chi connectivity index (χ1v) is 13.9. The fourth-order valence-electron chi connectivity index (χ4n) is 5.10. The van der Waals surface area contributed by atoms with Gasteiger partial charge in [-0.3, -0.25) is 19.5 Å². The van der Waals surface area contributed by atoms with Crippen LogP contribution >= 0.6 is 0 Å². The van der Waals surface area contributed by atoms with E-state index in [2.05, 4.69) is 25.8 Å². The number of hydrogen-bond acceptors (Lipinski definition) is 6. The molecule has 5 rings (SSSR count). The number of carbonyl (C=O) groups excluding carboxylic acids is 2. The first-order chi connectivity index (χ1) is 20.2. The maximum atomic E-state index is 13.6. The van der Waals surface area contributed by atoms with Gasteiger partial charge < -0.3 is 14.6 Å². The zero-order valence-electron chi connectivity index (χ0n) is 24.2. The predicted octanol–water partition coefficient (Wildman–Crippen LogP) is 6.98. The van der Waals surface area contributed by atoms with Gasteiger partial charge in [0.2, 0.25) is 0 Å². The molecule has 7 heteroatoms. The Morgan fingerprint density at radius 2 is 1.67 bits per heavy atom. The number of Topliss-reactive ketones (excluding diaryl/α,β-unsaturated/α-hetero) is 1. The topological polar surface area (TPSA) is 89.0 Å². The lowest BCUT2D eigenvalue weighted by Gasteiger charge is -2.26. The molecule has 0 aliphatic carbocycles. The van der Waals surface area contributed by atoms with Crippen molar-refractivity contribution in [1.29, 1.82) is 0 Å². The Hall–Kier alpha value is -4.91. The summed E-state index contributed by atoms with van der Waals surface area (Å²) in [5, 5.41) is 11.6. The van der Waals surface area contributed by atoms with Crippen LogP contribution in [0.1, 0.15) is 56.0 Å². The molecule has 7 nitrogen and oxygen atoms in total. The summed E-state index contributed by atoms with van der Waals surface area (Å²) in [6.07, 6.45) is 3.23. The van der Waals surface area contributed by atoms with Crippen molar-refractivity contribution >= 4 is 23.1 Å². The number of aliphatic hydroxyl groups excluding tert-OH is 1. The highest BCUT2D eigenvalue weighted by molar-refractivity contribution is 6.51. The van der Waals surface area contributed by atoms with Crippen LogP contribution in [-0.2, 0) is 21.6 Å².